The number of hydrogen-bond donors (Lipinski definition) is 1. The minimum atomic E-state index is 0.170. The van der Waals surface area contributed by atoms with E-state index in [1.165, 1.54) is 11.1 Å². The van der Waals surface area contributed by atoms with E-state index in [1.54, 1.807) is 5.57 Å². The summed E-state index contributed by atoms with van der Waals surface area (Å²) in [5, 5.41) is 3.35. The first-order chi connectivity index (χ1) is 12.2. The fourth-order valence-electron chi connectivity index (χ4n) is 4.82. The number of amides is 1. The summed E-state index contributed by atoms with van der Waals surface area (Å²) in [6.45, 7) is 5.72. The number of likely N-dealkylation sites (tertiary alicyclic amines) is 1. The number of piperazine rings is 1. The van der Waals surface area contributed by atoms with Gasteiger partial charge in [0.2, 0.25) is 5.91 Å². The molecule has 3 aliphatic rings. The highest BCUT2D eigenvalue weighted by Crippen LogP contribution is 2.43. The Morgan fingerprint density at radius 3 is 2.60 bits per heavy atom. The normalized spacial score (nSPS) is 28.0. The third kappa shape index (κ3) is 3.38. The number of benzene rings is 1. The summed E-state index contributed by atoms with van der Waals surface area (Å²) >= 11 is 0. The smallest absolute Gasteiger partial charge is 0.226 e. The van der Waals surface area contributed by atoms with Gasteiger partial charge in [0.1, 0.15) is 0 Å². The SMILES string of the molecule is CN1CCC2=C(c3ccccc3)CC[C@@H](C(=O)N3CCNCC3)[C@H]2C1. The van der Waals surface area contributed by atoms with E-state index in [2.05, 4.69) is 52.5 Å². The molecule has 1 amide bonds. The number of rotatable bonds is 2. The van der Waals surface area contributed by atoms with Crippen molar-refractivity contribution in [3.05, 3.63) is 41.5 Å². The van der Waals surface area contributed by atoms with Crippen molar-refractivity contribution in [3.63, 3.8) is 0 Å². The molecule has 1 N–H and O–H groups in total. The predicted molar refractivity (Wildman–Crippen MR) is 101 cm³/mol. The Bertz CT molecular complexity index is 648. The first-order valence-corrected chi connectivity index (χ1v) is 9.69. The van der Waals surface area contributed by atoms with E-state index < -0.39 is 0 Å². The topological polar surface area (TPSA) is 35.6 Å². The van der Waals surface area contributed by atoms with Crippen LogP contribution in [0.4, 0.5) is 0 Å². The average Bonchev–Trinajstić information content (AvgIpc) is 2.68. The molecular formula is C21H29N3O. The first-order valence-electron chi connectivity index (χ1n) is 9.69. The van der Waals surface area contributed by atoms with Gasteiger partial charge in [-0.3, -0.25) is 4.79 Å². The van der Waals surface area contributed by atoms with Crippen LogP contribution in [0.15, 0.2) is 35.9 Å². The van der Waals surface area contributed by atoms with Crippen LogP contribution >= 0.6 is 0 Å². The molecule has 2 fully saturated rings. The van der Waals surface area contributed by atoms with Crippen LogP contribution in [0.5, 0.6) is 0 Å². The zero-order valence-electron chi connectivity index (χ0n) is 15.2. The van der Waals surface area contributed by atoms with Gasteiger partial charge in [0.25, 0.3) is 0 Å². The maximum atomic E-state index is 13.2. The number of hydrogen-bond acceptors (Lipinski definition) is 3. The fourth-order valence-corrected chi connectivity index (χ4v) is 4.82. The summed E-state index contributed by atoms with van der Waals surface area (Å²) < 4.78 is 0. The Hall–Kier alpha value is -1.65. The van der Waals surface area contributed by atoms with E-state index in [4.69, 9.17) is 0 Å². The quantitative estimate of drug-likeness (QED) is 0.898. The fraction of sp³-hybridized carbons (Fsp3) is 0.571. The second-order valence-electron chi connectivity index (χ2n) is 7.71. The molecule has 1 aromatic rings. The molecule has 0 aromatic heterocycles. The maximum absolute atomic E-state index is 13.2. The third-order valence-electron chi connectivity index (χ3n) is 6.17. The molecule has 4 nitrogen and oxygen atoms in total. The highest BCUT2D eigenvalue weighted by Gasteiger charge is 2.40. The molecule has 2 saturated heterocycles. The summed E-state index contributed by atoms with van der Waals surface area (Å²) in [6, 6.07) is 10.8. The van der Waals surface area contributed by atoms with Crippen LogP contribution in [0.25, 0.3) is 5.57 Å². The molecule has 2 aliphatic heterocycles. The minimum Gasteiger partial charge on any atom is -0.340 e. The maximum Gasteiger partial charge on any atom is 0.226 e. The summed E-state index contributed by atoms with van der Waals surface area (Å²) in [4.78, 5) is 17.7. The second kappa shape index (κ2) is 7.30. The third-order valence-corrected chi connectivity index (χ3v) is 6.17. The number of carbonyl (C=O) groups excluding carboxylic acids is 1. The molecule has 0 spiro atoms. The lowest BCUT2D eigenvalue weighted by Crippen LogP contribution is -2.51. The van der Waals surface area contributed by atoms with Gasteiger partial charge in [-0.05, 0) is 37.4 Å². The van der Waals surface area contributed by atoms with Gasteiger partial charge in [0.15, 0.2) is 0 Å². The molecule has 0 saturated carbocycles. The highest BCUT2D eigenvalue weighted by molar-refractivity contribution is 5.82. The highest BCUT2D eigenvalue weighted by atomic mass is 16.2. The van der Waals surface area contributed by atoms with Crippen molar-refractivity contribution in [2.45, 2.75) is 19.3 Å². The summed E-state index contributed by atoms with van der Waals surface area (Å²) in [6.07, 6.45) is 3.15. The summed E-state index contributed by atoms with van der Waals surface area (Å²) in [5.41, 5.74) is 4.44. The Balaban J connectivity index is 1.63. The van der Waals surface area contributed by atoms with Crippen molar-refractivity contribution in [1.29, 1.82) is 0 Å². The van der Waals surface area contributed by atoms with E-state index in [9.17, 15) is 4.79 Å². The van der Waals surface area contributed by atoms with Crippen LogP contribution in [0.2, 0.25) is 0 Å². The number of nitrogens with zero attached hydrogens (tertiary/aromatic N) is 2. The summed E-state index contributed by atoms with van der Waals surface area (Å²) in [5.74, 6) is 0.958. The van der Waals surface area contributed by atoms with Crippen molar-refractivity contribution in [2.24, 2.45) is 11.8 Å². The van der Waals surface area contributed by atoms with Crippen molar-refractivity contribution >= 4 is 11.5 Å². The second-order valence-corrected chi connectivity index (χ2v) is 7.71. The van der Waals surface area contributed by atoms with Crippen LogP contribution in [-0.2, 0) is 4.79 Å². The summed E-state index contributed by atoms with van der Waals surface area (Å²) in [7, 11) is 2.19. The molecule has 1 aliphatic carbocycles. The molecule has 1 aromatic carbocycles. The van der Waals surface area contributed by atoms with Gasteiger partial charge in [-0.1, -0.05) is 35.9 Å². The van der Waals surface area contributed by atoms with Crippen LogP contribution in [0.3, 0.4) is 0 Å². The molecule has 0 unspecified atom stereocenters. The Morgan fingerprint density at radius 2 is 1.84 bits per heavy atom. The monoisotopic (exact) mass is 339 g/mol. The average molecular weight is 339 g/mol. The van der Waals surface area contributed by atoms with Gasteiger partial charge in [0.05, 0.1) is 0 Å². The van der Waals surface area contributed by atoms with Gasteiger partial charge in [-0.15, -0.1) is 0 Å². The molecule has 4 rings (SSSR count). The number of fused-ring (bicyclic) bond motifs is 1. The lowest BCUT2D eigenvalue weighted by atomic mass is 9.70. The number of carbonyl (C=O) groups is 1. The van der Waals surface area contributed by atoms with Crippen molar-refractivity contribution in [2.75, 3.05) is 46.3 Å². The molecule has 2 heterocycles. The lowest BCUT2D eigenvalue weighted by molar-refractivity contribution is -0.138. The molecular weight excluding hydrogens is 310 g/mol. The van der Waals surface area contributed by atoms with Crippen LogP contribution in [-0.4, -0.2) is 62.0 Å². The van der Waals surface area contributed by atoms with Gasteiger partial charge < -0.3 is 15.1 Å². The van der Waals surface area contributed by atoms with Gasteiger partial charge in [-0.2, -0.15) is 0 Å². The Kier molecular flexibility index (Phi) is 4.91. The van der Waals surface area contributed by atoms with Crippen molar-refractivity contribution in [3.8, 4) is 0 Å². The van der Waals surface area contributed by atoms with Crippen molar-refractivity contribution < 1.29 is 4.79 Å². The number of nitrogens with one attached hydrogen (secondary N) is 1. The molecule has 134 valence electrons. The zero-order chi connectivity index (χ0) is 17.2. The molecule has 0 radical (unpaired) electrons. The van der Waals surface area contributed by atoms with E-state index in [1.807, 2.05) is 0 Å². The standard InChI is InChI=1S/C21H29N3O/c1-23-12-9-18-17(16-5-3-2-4-6-16)7-8-19(20(18)15-23)21(25)24-13-10-22-11-14-24/h2-6,19-20,22H,7-15H2,1H3/t19-,20+/m1/s1. The molecule has 4 heteroatoms. The molecule has 0 bridgehead atoms. The van der Waals surface area contributed by atoms with E-state index in [0.717, 1.165) is 58.5 Å². The first kappa shape index (κ1) is 16.8. The van der Waals surface area contributed by atoms with E-state index in [-0.39, 0.29) is 5.92 Å². The largest absolute Gasteiger partial charge is 0.340 e. The van der Waals surface area contributed by atoms with Crippen LogP contribution < -0.4 is 5.32 Å². The van der Waals surface area contributed by atoms with Crippen LogP contribution in [0.1, 0.15) is 24.8 Å². The molecule has 2 atom stereocenters. The van der Waals surface area contributed by atoms with Gasteiger partial charge in [-0.25, -0.2) is 0 Å². The van der Waals surface area contributed by atoms with Crippen LogP contribution in [0, 0.1) is 11.8 Å². The Morgan fingerprint density at radius 1 is 1.08 bits per heavy atom. The van der Waals surface area contributed by atoms with E-state index >= 15 is 0 Å². The van der Waals surface area contributed by atoms with Gasteiger partial charge >= 0.3 is 0 Å². The number of allylic oxidation sites excluding steroid dienone is 1. The minimum absolute atomic E-state index is 0.170. The Labute approximate surface area is 150 Å². The van der Waals surface area contributed by atoms with Gasteiger partial charge in [0, 0.05) is 51.1 Å². The lowest BCUT2D eigenvalue weighted by Gasteiger charge is -2.43. The van der Waals surface area contributed by atoms with E-state index in [0.29, 0.717) is 11.8 Å². The predicted octanol–water partition coefficient (Wildman–Crippen LogP) is 2.23. The number of piperidine rings is 1. The zero-order valence-corrected chi connectivity index (χ0v) is 15.2. The molecule has 25 heavy (non-hydrogen) atoms. The van der Waals surface area contributed by atoms with Crippen molar-refractivity contribution in [1.82, 2.24) is 15.1 Å².